The van der Waals surface area contributed by atoms with Gasteiger partial charge in [0.05, 0.1) is 30.2 Å². The molecule has 1 fully saturated rings. The molecule has 0 amide bonds. The van der Waals surface area contributed by atoms with Crippen LogP contribution in [0.5, 0.6) is 5.75 Å². The van der Waals surface area contributed by atoms with Gasteiger partial charge in [0.25, 0.3) is 0 Å². The predicted octanol–water partition coefficient (Wildman–Crippen LogP) is 3.73. The number of methoxy groups -OCH3 is 1. The van der Waals surface area contributed by atoms with E-state index in [2.05, 4.69) is 18.7 Å². The summed E-state index contributed by atoms with van der Waals surface area (Å²) in [7, 11) is -2.46. The average molecular weight is 407 g/mol. The lowest BCUT2D eigenvalue weighted by Crippen LogP contribution is -2.38. The van der Waals surface area contributed by atoms with E-state index in [9.17, 15) is 18.9 Å². The van der Waals surface area contributed by atoms with E-state index in [4.69, 9.17) is 4.74 Å². The zero-order valence-corrected chi connectivity index (χ0v) is 17.1. The van der Waals surface area contributed by atoms with Crippen molar-refractivity contribution in [2.75, 3.05) is 7.11 Å². The van der Waals surface area contributed by atoms with Crippen molar-refractivity contribution in [3.63, 3.8) is 0 Å². The summed E-state index contributed by atoms with van der Waals surface area (Å²) in [4.78, 5) is 0.111. The topological polar surface area (TPSA) is 94.2 Å². The first-order valence-electron chi connectivity index (χ1n) is 9.02. The minimum atomic E-state index is -3.99. The fraction of sp³-hybridized carbons (Fsp3) is 0.273. The lowest BCUT2D eigenvalue weighted by Gasteiger charge is -2.30. The Hall–Kier alpha value is -3.13. The molecule has 0 spiro atoms. The summed E-state index contributed by atoms with van der Waals surface area (Å²) < 4.78 is 33.6. The fourth-order valence-electron chi connectivity index (χ4n) is 3.73. The summed E-state index contributed by atoms with van der Waals surface area (Å²) in [5.74, 6) is 0.597. The van der Waals surface area contributed by atoms with Crippen LogP contribution >= 0.6 is 0 Å². The predicted molar refractivity (Wildman–Crippen MR) is 108 cm³/mol. The maximum absolute atomic E-state index is 13.6. The molecule has 1 aliphatic rings. The van der Waals surface area contributed by atoms with E-state index in [0.29, 0.717) is 11.3 Å². The molecule has 0 N–H and O–H groups in total. The number of nitrogens with zero attached hydrogens (tertiary/aromatic N) is 3. The first-order chi connectivity index (χ1) is 13.8. The second-order valence-corrected chi connectivity index (χ2v) is 8.87. The number of hydrogen-bond donors (Lipinski definition) is 0. The average Bonchev–Trinajstić information content (AvgIpc) is 3.10. The van der Waals surface area contributed by atoms with Gasteiger partial charge >= 0.3 is 0 Å². The van der Waals surface area contributed by atoms with Crippen LogP contribution in [0.15, 0.2) is 66.1 Å². The molecule has 0 aromatic heterocycles. The van der Waals surface area contributed by atoms with E-state index in [0.717, 1.165) is 5.56 Å². The molecule has 2 unspecified atom stereocenters. The molecule has 0 aliphatic carbocycles. The molecule has 0 saturated carbocycles. The van der Waals surface area contributed by atoms with Gasteiger partial charge in [-0.05, 0) is 36.8 Å². The minimum absolute atomic E-state index is 0.0469. The molecule has 1 heterocycles. The SMILES string of the molecule is C=CC1CC(C#N)(C#N)C(c2ccc(OC)cc2)N1S(=O)(=O)c1ccc(C)cc1. The number of aryl methyl sites for hydroxylation is 1. The third kappa shape index (κ3) is 3.40. The first kappa shape index (κ1) is 20.6. The highest BCUT2D eigenvalue weighted by Gasteiger charge is 2.57. The van der Waals surface area contributed by atoms with Crippen LogP contribution in [0.1, 0.15) is 23.6 Å². The molecule has 0 bridgehead atoms. The summed E-state index contributed by atoms with van der Waals surface area (Å²) in [5, 5.41) is 19.8. The molecule has 2 atom stereocenters. The van der Waals surface area contributed by atoms with E-state index in [-0.39, 0.29) is 11.3 Å². The monoisotopic (exact) mass is 407 g/mol. The van der Waals surface area contributed by atoms with Crippen molar-refractivity contribution in [2.45, 2.75) is 30.3 Å². The Morgan fingerprint density at radius 2 is 1.72 bits per heavy atom. The van der Waals surface area contributed by atoms with Crippen LogP contribution in [0.4, 0.5) is 0 Å². The number of ether oxygens (including phenoxy) is 1. The fourth-order valence-corrected chi connectivity index (χ4v) is 5.55. The maximum atomic E-state index is 13.6. The molecule has 1 saturated heterocycles. The maximum Gasteiger partial charge on any atom is 0.244 e. The molecule has 0 radical (unpaired) electrons. The van der Waals surface area contributed by atoms with Crippen molar-refractivity contribution in [1.82, 2.24) is 4.31 Å². The van der Waals surface area contributed by atoms with Crippen LogP contribution in [-0.4, -0.2) is 25.9 Å². The van der Waals surface area contributed by atoms with Gasteiger partial charge in [0.2, 0.25) is 10.0 Å². The first-order valence-corrected chi connectivity index (χ1v) is 10.5. The van der Waals surface area contributed by atoms with Gasteiger partial charge < -0.3 is 4.74 Å². The van der Waals surface area contributed by atoms with Gasteiger partial charge in [-0.3, -0.25) is 0 Å². The Kier molecular flexibility index (Phi) is 5.48. The third-order valence-corrected chi connectivity index (χ3v) is 7.18. The second kappa shape index (κ2) is 7.71. The lowest BCUT2D eigenvalue weighted by atomic mass is 9.79. The second-order valence-electron chi connectivity index (χ2n) is 7.03. The molecule has 7 heteroatoms. The number of nitriles is 2. The standard InChI is InChI=1S/C22H21N3O3S/c1-4-18-13-22(14-23,15-24)21(17-7-9-19(28-3)10-8-17)25(18)29(26,27)20-11-5-16(2)6-12-20/h4-12,18,21H,1,13H2,2-3H3. The Bertz CT molecular complexity index is 1080. The minimum Gasteiger partial charge on any atom is -0.497 e. The van der Waals surface area contributed by atoms with Crippen molar-refractivity contribution in [3.8, 4) is 17.9 Å². The summed E-state index contributed by atoms with van der Waals surface area (Å²) in [6.07, 6.45) is 1.53. The van der Waals surface area contributed by atoms with Crippen molar-refractivity contribution < 1.29 is 13.2 Å². The number of rotatable bonds is 5. The molecule has 29 heavy (non-hydrogen) atoms. The highest BCUT2D eigenvalue weighted by molar-refractivity contribution is 7.89. The Morgan fingerprint density at radius 3 is 2.21 bits per heavy atom. The molecule has 1 aliphatic heterocycles. The summed E-state index contributed by atoms with van der Waals surface area (Å²) in [6.45, 7) is 5.63. The highest BCUT2D eigenvalue weighted by atomic mass is 32.2. The Labute approximate surface area is 171 Å². The van der Waals surface area contributed by atoms with Crippen LogP contribution in [0.2, 0.25) is 0 Å². The van der Waals surface area contributed by atoms with Gasteiger partial charge in [-0.25, -0.2) is 8.42 Å². The normalized spacial score (nSPS) is 21.1. The van der Waals surface area contributed by atoms with E-state index in [1.807, 2.05) is 6.92 Å². The van der Waals surface area contributed by atoms with Crippen LogP contribution in [0.3, 0.4) is 0 Å². The van der Waals surface area contributed by atoms with E-state index < -0.39 is 27.5 Å². The van der Waals surface area contributed by atoms with Crippen LogP contribution in [-0.2, 0) is 10.0 Å². The van der Waals surface area contributed by atoms with Crippen molar-refractivity contribution >= 4 is 10.0 Å². The van der Waals surface area contributed by atoms with Gasteiger partial charge in [-0.2, -0.15) is 14.8 Å². The number of sulfonamides is 1. The van der Waals surface area contributed by atoms with Crippen molar-refractivity contribution in [3.05, 3.63) is 72.3 Å². The molecule has 148 valence electrons. The van der Waals surface area contributed by atoms with E-state index in [1.165, 1.54) is 29.6 Å². The smallest absolute Gasteiger partial charge is 0.244 e. The number of hydrogen-bond acceptors (Lipinski definition) is 5. The summed E-state index contributed by atoms with van der Waals surface area (Å²) in [6, 6.07) is 15.8. The molecule has 2 aromatic rings. The van der Waals surface area contributed by atoms with Gasteiger partial charge in [-0.15, -0.1) is 6.58 Å². The van der Waals surface area contributed by atoms with E-state index in [1.54, 1.807) is 36.4 Å². The van der Waals surface area contributed by atoms with Gasteiger partial charge in [-0.1, -0.05) is 35.9 Å². The lowest BCUT2D eigenvalue weighted by molar-refractivity contribution is 0.318. The van der Waals surface area contributed by atoms with Gasteiger partial charge in [0, 0.05) is 12.5 Å². The van der Waals surface area contributed by atoms with Crippen LogP contribution in [0, 0.1) is 35.0 Å². The molecule has 3 rings (SSSR count). The zero-order chi connectivity index (χ0) is 21.2. The molecular weight excluding hydrogens is 386 g/mol. The summed E-state index contributed by atoms with van der Waals surface area (Å²) >= 11 is 0. The van der Waals surface area contributed by atoms with Gasteiger partial charge in [0.15, 0.2) is 5.41 Å². The molecule has 2 aromatic carbocycles. The van der Waals surface area contributed by atoms with Crippen molar-refractivity contribution in [2.24, 2.45) is 5.41 Å². The Morgan fingerprint density at radius 1 is 1.14 bits per heavy atom. The van der Waals surface area contributed by atoms with E-state index >= 15 is 0 Å². The zero-order valence-electron chi connectivity index (χ0n) is 16.2. The third-order valence-electron chi connectivity index (χ3n) is 5.28. The largest absolute Gasteiger partial charge is 0.497 e. The number of benzene rings is 2. The quantitative estimate of drug-likeness (QED) is 0.704. The molecule has 6 nitrogen and oxygen atoms in total. The Balaban J connectivity index is 2.22. The summed E-state index contributed by atoms with van der Waals surface area (Å²) in [5.41, 5.74) is -0.0553. The van der Waals surface area contributed by atoms with Crippen LogP contribution < -0.4 is 4.74 Å². The molecular formula is C22H21N3O3S. The highest BCUT2D eigenvalue weighted by Crippen LogP contribution is 2.52. The van der Waals surface area contributed by atoms with Crippen LogP contribution in [0.25, 0.3) is 0 Å². The van der Waals surface area contributed by atoms with Gasteiger partial charge in [0.1, 0.15) is 5.75 Å². The van der Waals surface area contributed by atoms with Crippen molar-refractivity contribution in [1.29, 1.82) is 10.5 Å².